The molecule has 2 aromatic rings. The van der Waals surface area contributed by atoms with Gasteiger partial charge in [0, 0.05) is 19.1 Å². The highest BCUT2D eigenvalue weighted by molar-refractivity contribution is 5.38. The lowest BCUT2D eigenvalue weighted by Gasteiger charge is -2.30. The van der Waals surface area contributed by atoms with E-state index in [0.717, 1.165) is 11.1 Å². The standard InChI is InChI=1S/C18H22O4/c1-12(10-19)17(11-20)18(13-2-6-15(21)7-3-13)14-4-8-16(22)9-5-14/h2-9,12,17-22H,10-11H2,1H3/t12-,17-/m1/s1. The lowest BCUT2D eigenvalue weighted by molar-refractivity contribution is 0.119. The van der Waals surface area contributed by atoms with E-state index < -0.39 is 0 Å². The first kappa shape index (κ1) is 16.3. The number of rotatable bonds is 6. The van der Waals surface area contributed by atoms with Gasteiger partial charge in [-0.15, -0.1) is 0 Å². The predicted molar refractivity (Wildman–Crippen MR) is 84.9 cm³/mol. The summed E-state index contributed by atoms with van der Waals surface area (Å²) in [6.07, 6.45) is 0. The van der Waals surface area contributed by atoms with Crippen molar-refractivity contribution in [3.63, 3.8) is 0 Å². The Morgan fingerprint density at radius 2 is 1.14 bits per heavy atom. The number of aliphatic hydroxyl groups excluding tert-OH is 2. The molecule has 2 aromatic carbocycles. The maximum atomic E-state index is 9.82. The van der Waals surface area contributed by atoms with Crippen LogP contribution in [0.4, 0.5) is 0 Å². The largest absolute Gasteiger partial charge is 0.508 e. The number of hydrogen-bond acceptors (Lipinski definition) is 4. The molecule has 0 aromatic heterocycles. The Hall–Kier alpha value is -2.04. The van der Waals surface area contributed by atoms with E-state index in [1.54, 1.807) is 24.3 Å². The molecule has 4 nitrogen and oxygen atoms in total. The van der Waals surface area contributed by atoms with Crippen LogP contribution in [-0.2, 0) is 0 Å². The molecule has 0 aliphatic rings. The lowest BCUT2D eigenvalue weighted by Crippen LogP contribution is -2.27. The van der Waals surface area contributed by atoms with Crippen molar-refractivity contribution in [3.05, 3.63) is 59.7 Å². The summed E-state index contributed by atoms with van der Waals surface area (Å²) in [7, 11) is 0. The zero-order chi connectivity index (χ0) is 16.1. The van der Waals surface area contributed by atoms with Crippen molar-refractivity contribution in [1.82, 2.24) is 0 Å². The highest BCUT2D eigenvalue weighted by atomic mass is 16.3. The number of hydrogen-bond donors (Lipinski definition) is 4. The van der Waals surface area contributed by atoms with Crippen molar-refractivity contribution in [1.29, 1.82) is 0 Å². The van der Waals surface area contributed by atoms with Crippen LogP contribution in [0.5, 0.6) is 11.5 Å². The monoisotopic (exact) mass is 302 g/mol. The first-order valence-electron chi connectivity index (χ1n) is 7.36. The van der Waals surface area contributed by atoms with Crippen molar-refractivity contribution < 1.29 is 20.4 Å². The molecule has 0 heterocycles. The van der Waals surface area contributed by atoms with Gasteiger partial charge in [0.25, 0.3) is 0 Å². The molecule has 22 heavy (non-hydrogen) atoms. The van der Waals surface area contributed by atoms with E-state index in [-0.39, 0.29) is 42.5 Å². The summed E-state index contributed by atoms with van der Waals surface area (Å²) in [5, 5.41) is 38.2. The van der Waals surface area contributed by atoms with E-state index >= 15 is 0 Å². The topological polar surface area (TPSA) is 80.9 Å². The molecule has 0 aliphatic carbocycles. The Bertz CT molecular complexity index is 532. The van der Waals surface area contributed by atoms with Crippen LogP contribution >= 0.6 is 0 Å². The molecule has 2 rings (SSSR count). The van der Waals surface area contributed by atoms with Gasteiger partial charge in [-0.3, -0.25) is 0 Å². The molecule has 118 valence electrons. The van der Waals surface area contributed by atoms with Gasteiger partial charge >= 0.3 is 0 Å². The first-order valence-corrected chi connectivity index (χ1v) is 7.36. The molecule has 4 heteroatoms. The minimum absolute atomic E-state index is 0.0160. The van der Waals surface area contributed by atoms with Gasteiger partial charge < -0.3 is 20.4 Å². The Labute approximate surface area is 130 Å². The second-order valence-electron chi connectivity index (χ2n) is 5.67. The molecule has 0 spiro atoms. The number of phenolic OH excluding ortho intramolecular Hbond substituents is 2. The normalized spacial score (nSPS) is 14.0. The Morgan fingerprint density at radius 1 is 0.727 bits per heavy atom. The van der Waals surface area contributed by atoms with Gasteiger partial charge in [-0.05, 0) is 47.2 Å². The second-order valence-corrected chi connectivity index (χ2v) is 5.67. The van der Waals surface area contributed by atoms with Crippen LogP contribution in [-0.4, -0.2) is 33.6 Å². The summed E-state index contributed by atoms with van der Waals surface area (Å²) < 4.78 is 0. The Kier molecular flexibility index (Phi) is 5.41. The number of aliphatic hydroxyl groups is 2. The van der Waals surface area contributed by atoms with Crippen LogP contribution in [0.2, 0.25) is 0 Å². The SMILES string of the molecule is C[C@H](CO)[C@@H](CO)C(c1ccc(O)cc1)c1ccc(O)cc1. The highest BCUT2D eigenvalue weighted by Crippen LogP contribution is 2.37. The number of benzene rings is 2. The average molecular weight is 302 g/mol. The summed E-state index contributed by atoms with van der Waals surface area (Å²) in [6, 6.07) is 13.7. The fraction of sp³-hybridized carbons (Fsp3) is 0.333. The quantitative estimate of drug-likeness (QED) is 0.661. The van der Waals surface area contributed by atoms with E-state index in [4.69, 9.17) is 0 Å². The summed E-state index contributed by atoms with van der Waals surface area (Å²) in [5.41, 5.74) is 1.89. The van der Waals surface area contributed by atoms with Crippen LogP contribution in [0.1, 0.15) is 24.0 Å². The molecule has 0 amide bonds. The fourth-order valence-electron chi connectivity index (χ4n) is 2.80. The zero-order valence-corrected chi connectivity index (χ0v) is 12.6. The first-order chi connectivity index (χ1) is 10.6. The van der Waals surface area contributed by atoms with Gasteiger partial charge in [-0.1, -0.05) is 31.2 Å². The highest BCUT2D eigenvalue weighted by Gasteiger charge is 2.28. The summed E-state index contributed by atoms with van der Waals surface area (Å²) in [5.74, 6) is -0.0158. The lowest BCUT2D eigenvalue weighted by atomic mass is 9.75. The molecule has 2 atom stereocenters. The van der Waals surface area contributed by atoms with Crippen molar-refractivity contribution in [3.8, 4) is 11.5 Å². The van der Waals surface area contributed by atoms with Crippen LogP contribution in [0.15, 0.2) is 48.5 Å². The predicted octanol–water partition coefficient (Wildman–Crippen LogP) is 2.47. The summed E-state index contributed by atoms with van der Waals surface area (Å²) in [4.78, 5) is 0. The number of phenols is 2. The molecule has 0 radical (unpaired) electrons. The van der Waals surface area contributed by atoms with Crippen molar-refractivity contribution in [2.45, 2.75) is 12.8 Å². The fourth-order valence-corrected chi connectivity index (χ4v) is 2.80. The van der Waals surface area contributed by atoms with Gasteiger partial charge in [-0.2, -0.15) is 0 Å². The Balaban J connectivity index is 2.47. The minimum Gasteiger partial charge on any atom is -0.508 e. The number of aromatic hydroxyl groups is 2. The van der Waals surface area contributed by atoms with Gasteiger partial charge in [0.05, 0.1) is 0 Å². The van der Waals surface area contributed by atoms with E-state index in [1.165, 1.54) is 0 Å². The van der Waals surface area contributed by atoms with E-state index in [1.807, 2.05) is 31.2 Å². The third-order valence-corrected chi connectivity index (χ3v) is 4.16. The van der Waals surface area contributed by atoms with E-state index in [2.05, 4.69) is 0 Å². The molecule has 4 N–H and O–H groups in total. The molecule has 0 aliphatic heterocycles. The van der Waals surface area contributed by atoms with Crippen LogP contribution < -0.4 is 0 Å². The van der Waals surface area contributed by atoms with Gasteiger partial charge in [0.2, 0.25) is 0 Å². The molecule has 0 saturated carbocycles. The summed E-state index contributed by atoms with van der Waals surface area (Å²) >= 11 is 0. The molecule has 0 unspecified atom stereocenters. The molecule has 0 saturated heterocycles. The maximum Gasteiger partial charge on any atom is 0.115 e. The van der Waals surface area contributed by atoms with Gasteiger partial charge in [-0.25, -0.2) is 0 Å². The zero-order valence-electron chi connectivity index (χ0n) is 12.6. The molecular formula is C18H22O4. The van der Waals surface area contributed by atoms with E-state index in [9.17, 15) is 20.4 Å². The average Bonchev–Trinajstić information content (AvgIpc) is 2.54. The van der Waals surface area contributed by atoms with Crippen LogP contribution in [0.3, 0.4) is 0 Å². The molecular weight excluding hydrogens is 280 g/mol. The second kappa shape index (κ2) is 7.29. The molecule has 0 bridgehead atoms. The van der Waals surface area contributed by atoms with Gasteiger partial charge in [0.1, 0.15) is 11.5 Å². The Morgan fingerprint density at radius 3 is 1.45 bits per heavy atom. The third kappa shape index (κ3) is 3.59. The van der Waals surface area contributed by atoms with Crippen molar-refractivity contribution >= 4 is 0 Å². The van der Waals surface area contributed by atoms with Crippen LogP contribution in [0.25, 0.3) is 0 Å². The maximum absolute atomic E-state index is 9.82. The van der Waals surface area contributed by atoms with E-state index in [0.29, 0.717) is 0 Å². The molecule has 0 fully saturated rings. The smallest absolute Gasteiger partial charge is 0.115 e. The van der Waals surface area contributed by atoms with Crippen LogP contribution in [0, 0.1) is 11.8 Å². The van der Waals surface area contributed by atoms with Crippen molar-refractivity contribution in [2.75, 3.05) is 13.2 Å². The summed E-state index contributed by atoms with van der Waals surface area (Å²) in [6.45, 7) is 1.82. The van der Waals surface area contributed by atoms with Gasteiger partial charge in [0.15, 0.2) is 0 Å². The minimum atomic E-state index is -0.168. The van der Waals surface area contributed by atoms with Crippen molar-refractivity contribution in [2.24, 2.45) is 11.8 Å². The third-order valence-electron chi connectivity index (χ3n) is 4.16.